The molecule has 1 aromatic rings. The lowest BCUT2D eigenvalue weighted by molar-refractivity contribution is 0.0514. The lowest BCUT2D eigenvalue weighted by Gasteiger charge is -2.09. The molecule has 0 aliphatic carbocycles. The van der Waals surface area contributed by atoms with Crippen LogP contribution in [0.3, 0.4) is 0 Å². The fourth-order valence-corrected chi connectivity index (χ4v) is 1.53. The minimum Gasteiger partial charge on any atom is -0.478 e. The maximum atomic E-state index is 11.6. The smallest absolute Gasteiger partial charge is 0.339 e. The van der Waals surface area contributed by atoms with E-state index in [1.807, 2.05) is 6.92 Å². The molecule has 0 heterocycles. The molecule has 4 heteroatoms. The van der Waals surface area contributed by atoms with E-state index in [0.717, 1.165) is 0 Å². The zero-order chi connectivity index (χ0) is 12.1. The molecule has 0 unspecified atom stereocenters. The highest BCUT2D eigenvalue weighted by molar-refractivity contribution is 6.03. The van der Waals surface area contributed by atoms with Crippen LogP contribution in [0.15, 0.2) is 18.2 Å². The van der Waals surface area contributed by atoms with Gasteiger partial charge >= 0.3 is 11.9 Å². The molecule has 0 radical (unpaired) electrons. The molecule has 0 aromatic heterocycles. The van der Waals surface area contributed by atoms with E-state index >= 15 is 0 Å². The van der Waals surface area contributed by atoms with Gasteiger partial charge in [-0.1, -0.05) is 19.1 Å². The van der Waals surface area contributed by atoms with Crippen molar-refractivity contribution in [3.8, 4) is 0 Å². The van der Waals surface area contributed by atoms with E-state index in [0.29, 0.717) is 12.0 Å². The van der Waals surface area contributed by atoms with Crippen molar-refractivity contribution in [2.75, 3.05) is 6.61 Å². The second kappa shape index (κ2) is 5.30. The van der Waals surface area contributed by atoms with Crippen molar-refractivity contribution in [1.29, 1.82) is 0 Å². The van der Waals surface area contributed by atoms with Crippen LogP contribution >= 0.6 is 0 Å². The van der Waals surface area contributed by atoms with Crippen LogP contribution in [0.4, 0.5) is 0 Å². The van der Waals surface area contributed by atoms with Crippen molar-refractivity contribution in [2.45, 2.75) is 20.3 Å². The Morgan fingerprint density at radius 1 is 1.31 bits per heavy atom. The Bertz CT molecular complexity index is 409. The number of ether oxygens (including phenoxy) is 1. The molecule has 16 heavy (non-hydrogen) atoms. The van der Waals surface area contributed by atoms with Crippen LogP contribution in [0.1, 0.15) is 40.1 Å². The van der Waals surface area contributed by atoms with Crippen LogP contribution in [0.2, 0.25) is 0 Å². The van der Waals surface area contributed by atoms with Gasteiger partial charge in [0.25, 0.3) is 0 Å². The van der Waals surface area contributed by atoms with Gasteiger partial charge in [0.2, 0.25) is 0 Å². The van der Waals surface area contributed by atoms with Gasteiger partial charge in [0.05, 0.1) is 17.7 Å². The number of carboxylic acid groups (broad SMARTS) is 1. The third kappa shape index (κ3) is 2.39. The number of rotatable bonds is 4. The summed E-state index contributed by atoms with van der Waals surface area (Å²) < 4.78 is 4.82. The molecule has 4 nitrogen and oxygen atoms in total. The number of carboxylic acids is 1. The highest BCUT2D eigenvalue weighted by Crippen LogP contribution is 2.17. The normalized spacial score (nSPS) is 9.88. The summed E-state index contributed by atoms with van der Waals surface area (Å²) >= 11 is 0. The zero-order valence-corrected chi connectivity index (χ0v) is 9.32. The van der Waals surface area contributed by atoms with Crippen LogP contribution in [0.5, 0.6) is 0 Å². The zero-order valence-electron chi connectivity index (χ0n) is 9.32. The second-order valence-corrected chi connectivity index (χ2v) is 3.22. The van der Waals surface area contributed by atoms with Crippen molar-refractivity contribution in [2.24, 2.45) is 0 Å². The monoisotopic (exact) mass is 222 g/mol. The number of carbonyl (C=O) groups excluding carboxylic acids is 1. The molecular weight excluding hydrogens is 208 g/mol. The first-order valence-electron chi connectivity index (χ1n) is 5.14. The van der Waals surface area contributed by atoms with E-state index in [2.05, 4.69) is 0 Å². The molecule has 1 N–H and O–H groups in total. The Balaban J connectivity index is 3.27. The fraction of sp³-hybridized carbons (Fsp3) is 0.333. The summed E-state index contributed by atoms with van der Waals surface area (Å²) in [5.41, 5.74) is 0.801. The lowest BCUT2D eigenvalue weighted by Crippen LogP contribution is -2.13. The highest BCUT2D eigenvalue weighted by Gasteiger charge is 2.20. The third-order valence-electron chi connectivity index (χ3n) is 2.24. The van der Waals surface area contributed by atoms with E-state index in [1.165, 1.54) is 6.07 Å². The summed E-state index contributed by atoms with van der Waals surface area (Å²) in [6.45, 7) is 3.76. The predicted octanol–water partition coefficient (Wildman–Crippen LogP) is 2.12. The lowest BCUT2D eigenvalue weighted by atomic mass is 9.99. The highest BCUT2D eigenvalue weighted by atomic mass is 16.5. The van der Waals surface area contributed by atoms with E-state index < -0.39 is 11.9 Å². The molecule has 0 amide bonds. The van der Waals surface area contributed by atoms with Crippen molar-refractivity contribution in [3.63, 3.8) is 0 Å². The first-order valence-corrected chi connectivity index (χ1v) is 5.14. The predicted molar refractivity (Wildman–Crippen MR) is 58.7 cm³/mol. The Morgan fingerprint density at radius 2 is 2.00 bits per heavy atom. The quantitative estimate of drug-likeness (QED) is 0.792. The van der Waals surface area contributed by atoms with Gasteiger partial charge in [0.15, 0.2) is 0 Å². The minimum absolute atomic E-state index is 0.0449. The van der Waals surface area contributed by atoms with Crippen LogP contribution in [0.25, 0.3) is 0 Å². The largest absolute Gasteiger partial charge is 0.478 e. The van der Waals surface area contributed by atoms with Crippen molar-refractivity contribution >= 4 is 11.9 Å². The molecule has 0 aliphatic rings. The number of aromatic carboxylic acids is 1. The first kappa shape index (κ1) is 12.2. The molecule has 1 rings (SSSR count). The summed E-state index contributed by atoms with van der Waals surface area (Å²) in [7, 11) is 0. The Morgan fingerprint density at radius 3 is 2.50 bits per heavy atom. The minimum atomic E-state index is -1.10. The summed E-state index contributed by atoms with van der Waals surface area (Å²) in [5, 5.41) is 9.09. The Hall–Kier alpha value is -1.84. The number of hydrogen-bond donors (Lipinski definition) is 1. The molecular formula is C12H14O4. The Labute approximate surface area is 93.9 Å². The molecule has 86 valence electrons. The summed E-state index contributed by atoms with van der Waals surface area (Å²) in [5.74, 6) is -1.68. The topological polar surface area (TPSA) is 63.6 Å². The number of aryl methyl sites for hydroxylation is 1. The fourth-order valence-electron chi connectivity index (χ4n) is 1.53. The van der Waals surface area contributed by atoms with E-state index in [4.69, 9.17) is 9.84 Å². The van der Waals surface area contributed by atoms with Crippen LogP contribution in [0, 0.1) is 0 Å². The molecule has 0 bridgehead atoms. The molecule has 0 saturated heterocycles. The van der Waals surface area contributed by atoms with Gasteiger partial charge in [0.1, 0.15) is 0 Å². The van der Waals surface area contributed by atoms with Crippen LogP contribution in [-0.2, 0) is 11.2 Å². The van der Waals surface area contributed by atoms with Gasteiger partial charge in [-0.15, -0.1) is 0 Å². The van der Waals surface area contributed by atoms with Gasteiger partial charge in [-0.2, -0.15) is 0 Å². The van der Waals surface area contributed by atoms with E-state index in [-0.39, 0.29) is 17.7 Å². The van der Waals surface area contributed by atoms with Crippen LogP contribution in [-0.4, -0.2) is 23.7 Å². The molecule has 0 fully saturated rings. The molecule has 0 spiro atoms. The average molecular weight is 222 g/mol. The SMILES string of the molecule is CCOC(=O)c1cccc(CC)c1C(=O)O. The summed E-state index contributed by atoms with van der Waals surface area (Å²) in [4.78, 5) is 22.7. The number of esters is 1. The van der Waals surface area contributed by atoms with Gasteiger partial charge in [-0.05, 0) is 25.0 Å². The third-order valence-corrected chi connectivity index (χ3v) is 2.24. The van der Waals surface area contributed by atoms with Crippen molar-refractivity contribution in [1.82, 2.24) is 0 Å². The maximum absolute atomic E-state index is 11.6. The molecule has 0 atom stereocenters. The van der Waals surface area contributed by atoms with Crippen molar-refractivity contribution < 1.29 is 19.4 Å². The standard InChI is InChI=1S/C12H14O4/c1-3-8-6-5-7-9(10(8)11(13)14)12(15)16-4-2/h5-7H,3-4H2,1-2H3,(H,13,14). The molecule has 1 aromatic carbocycles. The average Bonchev–Trinajstić information content (AvgIpc) is 2.28. The molecule has 0 aliphatic heterocycles. The summed E-state index contributed by atoms with van der Waals surface area (Å²) in [6, 6.07) is 4.84. The number of carbonyl (C=O) groups is 2. The number of benzene rings is 1. The summed E-state index contributed by atoms with van der Waals surface area (Å²) in [6.07, 6.45) is 0.564. The van der Waals surface area contributed by atoms with Gasteiger partial charge in [-0.25, -0.2) is 9.59 Å². The van der Waals surface area contributed by atoms with Crippen molar-refractivity contribution in [3.05, 3.63) is 34.9 Å². The Kier molecular flexibility index (Phi) is 4.05. The van der Waals surface area contributed by atoms with E-state index in [9.17, 15) is 9.59 Å². The first-order chi connectivity index (χ1) is 7.61. The van der Waals surface area contributed by atoms with Gasteiger partial charge < -0.3 is 9.84 Å². The molecule has 0 saturated carbocycles. The van der Waals surface area contributed by atoms with Gasteiger partial charge in [0, 0.05) is 0 Å². The van der Waals surface area contributed by atoms with E-state index in [1.54, 1.807) is 19.1 Å². The van der Waals surface area contributed by atoms with Crippen LogP contribution < -0.4 is 0 Å². The number of hydrogen-bond acceptors (Lipinski definition) is 3. The second-order valence-electron chi connectivity index (χ2n) is 3.22. The maximum Gasteiger partial charge on any atom is 0.339 e. The van der Waals surface area contributed by atoms with Gasteiger partial charge in [-0.3, -0.25) is 0 Å².